The highest BCUT2D eigenvalue weighted by molar-refractivity contribution is 6.30. The van der Waals surface area contributed by atoms with E-state index in [1.54, 1.807) is 7.11 Å². The van der Waals surface area contributed by atoms with Gasteiger partial charge in [0.1, 0.15) is 0 Å². The molecule has 1 N–H and O–H groups in total. The molecular formula is C15H24ClNO2. The third-order valence-electron chi connectivity index (χ3n) is 2.65. The molecule has 1 rings (SSSR count). The van der Waals surface area contributed by atoms with Gasteiger partial charge >= 0.3 is 0 Å². The summed E-state index contributed by atoms with van der Waals surface area (Å²) in [5, 5.41) is 4.12. The lowest BCUT2D eigenvalue weighted by molar-refractivity contribution is -0.0103. The van der Waals surface area contributed by atoms with Crippen molar-refractivity contribution in [3.8, 4) is 0 Å². The van der Waals surface area contributed by atoms with Gasteiger partial charge in [-0.2, -0.15) is 0 Å². The Morgan fingerprint density at radius 1 is 1.26 bits per heavy atom. The molecule has 108 valence electrons. The maximum Gasteiger partial charge on any atom is 0.0936 e. The fraction of sp³-hybridized carbons (Fsp3) is 0.600. The molecule has 0 heterocycles. The van der Waals surface area contributed by atoms with Crippen LogP contribution in [-0.2, 0) is 16.1 Å². The summed E-state index contributed by atoms with van der Waals surface area (Å²) >= 11 is 5.95. The average Bonchev–Trinajstić information content (AvgIpc) is 2.35. The fourth-order valence-corrected chi connectivity index (χ4v) is 1.94. The van der Waals surface area contributed by atoms with Crippen molar-refractivity contribution in [1.82, 2.24) is 5.32 Å². The molecule has 0 aromatic heterocycles. The number of benzene rings is 1. The topological polar surface area (TPSA) is 30.5 Å². The fourth-order valence-electron chi connectivity index (χ4n) is 1.73. The summed E-state index contributed by atoms with van der Waals surface area (Å²) in [7, 11) is 1.69. The van der Waals surface area contributed by atoms with Gasteiger partial charge in [-0.05, 0) is 30.2 Å². The van der Waals surface area contributed by atoms with Crippen LogP contribution in [0.5, 0.6) is 0 Å². The van der Waals surface area contributed by atoms with Crippen molar-refractivity contribution in [3.05, 3.63) is 34.9 Å². The van der Waals surface area contributed by atoms with Gasteiger partial charge in [0.25, 0.3) is 0 Å². The monoisotopic (exact) mass is 285 g/mol. The van der Waals surface area contributed by atoms with E-state index in [1.165, 1.54) is 0 Å². The molecule has 0 amide bonds. The number of halogens is 1. The molecule has 19 heavy (non-hydrogen) atoms. The summed E-state index contributed by atoms with van der Waals surface area (Å²) < 4.78 is 11.0. The second-order valence-corrected chi connectivity index (χ2v) is 5.51. The Morgan fingerprint density at radius 2 is 2.05 bits per heavy atom. The molecule has 1 unspecified atom stereocenters. The van der Waals surface area contributed by atoms with E-state index >= 15 is 0 Å². The lowest BCUT2D eigenvalue weighted by Gasteiger charge is -2.18. The quantitative estimate of drug-likeness (QED) is 0.756. The molecule has 0 aliphatic rings. The average molecular weight is 286 g/mol. The van der Waals surface area contributed by atoms with E-state index in [1.807, 2.05) is 24.3 Å². The molecule has 1 atom stereocenters. The van der Waals surface area contributed by atoms with Crippen molar-refractivity contribution < 1.29 is 9.47 Å². The Bertz CT molecular complexity index is 358. The van der Waals surface area contributed by atoms with Crippen LogP contribution in [0.3, 0.4) is 0 Å². The molecule has 0 saturated carbocycles. The molecule has 0 aliphatic heterocycles. The van der Waals surface area contributed by atoms with Crippen molar-refractivity contribution in [2.75, 3.05) is 26.8 Å². The zero-order valence-corrected chi connectivity index (χ0v) is 12.7. The number of methoxy groups -OCH3 is 1. The summed E-state index contributed by atoms with van der Waals surface area (Å²) in [5.41, 5.74) is 1.08. The van der Waals surface area contributed by atoms with E-state index in [0.717, 1.165) is 23.7 Å². The second kappa shape index (κ2) is 9.32. The zero-order valence-electron chi connectivity index (χ0n) is 12.0. The summed E-state index contributed by atoms with van der Waals surface area (Å²) in [6.07, 6.45) is 0.0581. The van der Waals surface area contributed by atoms with Gasteiger partial charge in [0.05, 0.1) is 19.3 Å². The highest BCUT2D eigenvalue weighted by Gasteiger charge is 2.09. The van der Waals surface area contributed by atoms with Crippen LogP contribution in [0.1, 0.15) is 19.4 Å². The predicted octanol–water partition coefficient (Wildman–Crippen LogP) is 3.12. The smallest absolute Gasteiger partial charge is 0.0936 e. The number of rotatable bonds is 9. The minimum atomic E-state index is 0.0581. The highest BCUT2D eigenvalue weighted by Crippen LogP contribution is 2.12. The predicted molar refractivity (Wildman–Crippen MR) is 79.6 cm³/mol. The van der Waals surface area contributed by atoms with Gasteiger partial charge in [-0.3, -0.25) is 0 Å². The van der Waals surface area contributed by atoms with Crippen LogP contribution >= 0.6 is 11.6 Å². The van der Waals surface area contributed by atoms with Crippen molar-refractivity contribution >= 4 is 11.6 Å². The summed E-state index contributed by atoms with van der Waals surface area (Å²) in [4.78, 5) is 0. The van der Waals surface area contributed by atoms with Crippen molar-refractivity contribution in [1.29, 1.82) is 0 Å². The Labute approximate surface area is 121 Å². The Balaban J connectivity index is 2.36. The van der Waals surface area contributed by atoms with Gasteiger partial charge in [-0.25, -0.2) is 0 Å². The molecule has 1 aromatic carbocycles. The lowest BCUT2D eigenvalue weighted by atomic mass is 10.2. The zero-order chi connectivity index (χ0) is 14.1. The number of ether oxygens (including phenoxy) is 2. The van der Waals surface area contributed by atoms with Gasteiger partial charge in [0, 0.05) is 18.7 Å². The van der Waals surface area contributed by atoms with E-state index in [0.29, 0.717) is 19.1 Å². The van der Waals surface area contributed by atoms with Gasteiger partial charge < -0.3 is 14.8 Å². The molecule has 1 aromatic rings. The molecule has 0 fully saturated rings. The number of hydrogen-bond acceptors (Lipinski definition) is 3. The standard InChI is InChI=1S/C15H24ClNO2/c1-12(2)8-17-9-15(11-18-3)19-10-13-5-4-6-14(16)7-13/h4-7,12,15,17H,8-11H2,1-3H3. The van der Waals surface area contributed by atoms with Crippen molar-refractivity contribution in [2.24, 2.45) is 5.92 Å². The van der Waals surface area contributed by atoms with E-state index in [2.05, 4.69) is 19.2 Å². The third-order valence-corrected chi connectivity index (χ3v) is 2.89. The molecule has 0 bridgehead atoms. The molecule has 0 spiro atoms. The van der Waals surface area contributed by atoms with Crippen LogP contribution in [0.15, 0.2) is 24.3 Å². The number of hydrogen-bond donors (Lipinski definition) is 1. The number of nitrogens with one attached hydrogen (secondary N) is 1. The van der Waals surface area contributed by atoms with Crippen LogP contribution < -0.4 is 5.32 Å². The van der Waals surface area contributed by atoms with E-state index in [4.69, 9.17) is 21.1 Å². The first-order chi connectivity index (χ1) is 9.11. The van der Waals surface area contributed by atoms with E-state index in [-0.39, 0.29) is 6.10 Å². The van der Waals surface area contributed by atoms with Gasteiger partial charge in [0.2, 0.25) is 0 Å². The Hall–Kier alpha value is -0.610. The first-order valence-electron chi connectivity index (χ1n) is 6.67. The first kappa shape index (κ1) is 16.4. The van der Waals surface area contributed by atoms with Gasteiger partial charge in [-0.1, -0.05) is 37.6 Å². The van der Waals surface area contributed by atoms with Crippen LogP contribution in [0.4, 0.5) is 0 Å². The Morgan fingerprint density at radius 3 is 2.68 bits per heavy atom. The first-order valence-corrected chi connectivity index (χ1v) is 7.05. The van der Waals surface area contributed by atoms with Crippen molar-refractivity contribution in [3.63, 3.8) is 0 Å². The SMILES string of the molecule is COCC(CNCC(C)C)OCc1cccc(Cl)c1. The van der Waals surface area contributed by atoms with Crippen LogP contribution in [-0.4, -0.2) is 32.9 Å². The minimum absolute atomic E-state index is 0.0581. The third kappa shape index (κ3) is 7.53. The maximum absolute atomic E-state index is 5.95. The molecule has 4 heteroatoms. The van der Waals surface area contributed by atoms with Gasteiger partial charge in [0.15, 0.2) is 0 Å². The molecule has 0 saturated heterocycles. The second-order valence-electron chi connectivity index (χ2n) is 5.07. The largest absolute Gasteiger partial charge is 0.382 e. The summed E-state index contributed by atoms with van der Waals surface area (Å²) in [6.45, 7) is 7.30. The molecular weight excluding hydrogens is 262 g/mol. The van der Waals surface area contributed by atoms with E-state index < -0.39 is 0 Å². The lowest BCUT2D eigenvalue weighted by Crippen LogP contribution is -2.34. The normalized spacial score (nSPS) is 12.9. The van der Waals surface area contributed by atoms with Crippen LogP contribution in [0.25, 0.3) is 0 Å². The summed E-state index contributed by atoms with van der Waals surface area (Å²) in [5.74, 6) is 0.635. The highest BCUT2D eigenvalue weighted by atomic mass is 35.5. The van der Waals surface area contributed by atoms with Gasteiger partial charge in [-0.15, -0.1) is 0 Å². The Kier molecular flexibility index (Phi) is 8.07. The molecule has 0 radical (unpaired) electrons. The van der Waals surface area contributed by atoms with Crippen LogP contribution in [0.2, 0.25) is 5.02 Å². The van der Waals surface area contributed by atoms with Crippen molar-refractivity contribution in [2.45, 2.75) is 26.6 Å². The molecule has 0 aliphatic carbocycles. The minimum Gasteiger partial charge on any atom is -0.382 e. The molecule has 3 nitrogen and oxygen atoms in total. The van der Waals surface area contributed by atoms with E-state index in [9.17, 15) is 0 Å². The summed E-state index contributed by atoms with van der Waals surface area (Å²) in [6, 6.07) is 7.73. The van der Waals surface area contributed by atoms with Crippen LogP contribution in [0, 0.1) is 5.92 Å². The maximum atomic E-state index is 5.95.